The maximum Gasteiger partial charge on any atom is 0.0963 e. The first-order chi connectivity index (χ1) is 18.8. The van der Waals surface area contributed by atoms with E-state index < -0.39 is 0 Å². The quantitative estimate of drug-likeness (QED) is 0.242. The van der Waals surface area contributed by atoms with E-state index in [2.05, 4.69) is 87.3 Å². The van der Waals surface area contributed by atoms with Crippen molar-refractivity contribution in [2.45, 2.75) is 0 Å². The van der Waals surface area contributed by atoms with Crippen LogP contribution in [0.4, 0.5) is 0 Å². The second kappa shape index (κ2) is 8.33. The van der Waals surface area contributed by atoms with E-state index in [9.17, 15) is 0 Å². The lowest BCUT2D eigenvalue weighted by molar-refractivity contribution is 1.18. The molecule has 0 aliphatic rings. The van der Waals surface area contributed by atoms with Gasteiger partial charge in [0, 0.05) is 73.4 Å². The lowest BCUT2D eigenvalue weighted by Crippen LogP contribution is -1.96. The molecule has 38 heavy (non-hydrogen) atoms. The Morgan fingerprint density at radius 2 is 1.32 bits per heavy atom. The highest BCUT2D eigenvalue weighted by atomic mass is 32.1. The Balaban J connectivity index is 1.54. The number of hydrogen-bond donors (Lipinski definition) is 0. The van der Waals surface area contributed by atoms with Gasteiger partial charge in [0.1, 0.15) is 0 Å². The monoisotopic (exact) mass is 504 g/mol. The number of thiophene rings is 1. The predicted octanol–water partition coefficient (Wildman–Crippen LogP) is 8.67. The normalized spacial score (nSPS) is 11.7. The average molecular weight is 505 g/mol. The summed E-state index contributed by atoms with van der Waals surface area (Å²) in [6.45, 7) is 0. The lowest BCUT2D eigenvalue weighted by Gasteiger charge is -2.14. The van der Waals surface area contributed by atoms with Crippen molar-refractivity contribution in [2.24, 2.45) is 0 Å². The fraction of sp³-hybridized carbons (Fsp3) is 0. The van der Waals surface area contributed by atoms with Gasteiger partial charge < -0.3 is 4.57 Å². The van der Waals surface area contributed by atoms with Crippen LogP contribution in [0.2, 0.25) is 0 Å². The lowest BCUT2D eigenvalue weighted by atomic mass is 9.99. The maximum atomic E-state index is 4.85. The molecule has 0 radical (unpaired) electrons. The first-order valence-corrected chi connectivity index (χ1v) is 13.3. The van der Waals surface area contributed by atoms with Gasteiger partial charge in [-0.3, -0.25) is 15.0 Å². The van der Waals surface area contributed by atoms with Crippen molar-refractivity contribution < 1.29 is 0 Å². The van der Waals surface area contributed by atoms with Gasteiger partial charge in [0.15, 0.2) is 0 Å². The van der Waals surface area contributed by atoms with Crippen molar-refractivity contribution in [3.05, 3.63) is 122 Å². The highest BCUT2D eigenvalue weighted by Gasteiger charge is 2.19. The van der Waals surface area contributed by atoms with Gasteiger partial charge in [0.25, 0.3) is 0 Å². The summed E-state index contributed by atoms with van der Waals surface area (Å²) in [6.07, 6.45) is 9.35. The zero-order valence-corrected chi connectivity index (χ0v) is 21.1. The van der Waals surface area contributed by atoms with Gasteiger partial charge in [-0.15, -0.1) is 11.3 Å². The number of nitrogens with zero attached hydrogens (tertiary/aromatic N) is 4. The molecule has 0 amide bonds. The first kappa shape index (κ1) is 21.2. The maximum absolute atomic E-state index is 4.85. The second-order valence-corrected chi connectivity index (χ2v) is 10.5. The Bertz CT molecular complexity index is 2070. The molecule has 0 saturated carbocycles. The molecule has 8 rings (SSSR count). The van der Waals surface area contributed by atoms with Crippen molar-refractivity contribution in [3.8, 4) is 27.9 Å². The van der Waals surface area contributed by atoms with E-state index in [-0.39, 0.29) is 0 Å². The third-order valence-electron chi connectivity index (χ3n) is 7.19. The number of rotatable bonds is 3. The third-order valence-corrected chi connectivity index (χ3v) is 8.32. The predicted molar refractivity (Wildman–Crippen MR) is 158 cm³/mol. The molecule has 178 valence electrons. The molecule has 0 saturated heterocycles. The SMILES string of the molecule is c1cncc(-c2cc(-c3cccnc3)cc(-n3c4cccnc4c4ccc5sc6ccccc6c5c43)c2)c1. The molecule has 3 aromatic carbocycles. The summed E-state index contributed by atoms with van der Waals surface area (Å²) in [5, 5.41) is 3.71. The van der Waals surface area contributed by atoms with Gasteiger partial charge in [0.05, 0.1) is 16.6 Å². The van der Waals surface area contributed by atoms with E-state index in [0.717, 1.165) is 44.4 Å². The summed E-state index contributed by atoms with van der Waals surface area (Å²) in [5.74, 6) is 0. The molecule has 0 aliphatic heterocycles. The highest BCUT2D eigenvalue weighted by Crippen LogP contribution is 2.43. The van der Waals surface area contributed by atoms with E-state index in [1.54, 1.807) is 0 Å². The standard InChI is InChI=1S/C33H20N4S/c1-2-10-29-26(8-1)31-30(38-29)12-11-27-32-28(9-5-15-36-32)37(33(27)31)25-17-23(21-6-3-13-34-19-21)16-24(18-25)22-7-4-14-35-20-22/h1-20H. The van der Waals surface area contributed by atoms with Crippen LogP contribution in [0.25, 0.3) is 70.0 Å². The molecular weight excluding hydrogens is 484 g/mol. The highest BCUT2D eigenvalue weighted by molar-refractivity contribution is 7.26. The smallest absolute Gasteiger partial charge is 0.0963 e. The second-order valence-electron chi connectivity index (χ2n) is 9.39. The van der Waals surface area contributed by atoms with E-state index in [1.165, 1.54) is 25.7 Å². The Morgan fingerprint density at radius 1 is 0.579 bits per heavy atom. The Kier molecular flexibility index (Phi) is 4.66. The molecule has 0 N–H and O–H groups in total. The minimum atomic E-state index is 1.01. The fourth-order valence-corrected chi connectivity index (χ4v) is 6.64. The topological polar surface area (TPSA) is 43.6 Å². The summed E-state index contributed by atoms with van der Waals surface area (Å²) in [5.41, 5.74) is 8.73. The van der Waals surface area contributed by atoms with Crippen molar-refractivity contribution in [1.29, 1.82) is 0 Å². The molecule has 0 bridgehead atoms. The Labute approximate surface area is 222 Å². The van der Waals surface area contributed by atoms with E-state index >= 15 is 0 Å². The summed E-state index contributed by atoms with van der Waals surface area (Å²) in [6, 6.07) is 32.3. The Morgan fingerprint density at radius 3 is 2.05 bits per heavy atom. The average Bonchev–Trinajstić information content (AvgIpc) is 3.53. The van der Waals surface area contributed by atoms with Crippen LogP contribution in [0.5, 0.6) is 0 Å². The number of hydrogen-bond acceptors (Lipinski definition) is 4. The minimum absolute atomic E-state index is 1.01. The largest absolute Gasteiger partial charge is 0.307 e. The molecule has 0 atom stereocenters. The van der Waals surface area contributed by atoms with Crippen LogP contribution in [-0.4, -0.2) is 19.5 Å². The van der Waals surface area contributed by atoms with Gasteiger partial charge >= 0.3 is 0 Å². The first-order valence-electron chi connectivity index (χ1n) is 12.5. The molecule has 5 heteroatoms. The van der Waals surface area contributed by atoms with Crippen molar-refractivity contribution in [3.63, 3.8) is 0 Å². The van der Waals surface area contributed by atoms with E-state index in [1.807, 2.05) is 60.5 Å². The summed E-state index contributed by atoms with van der Waals surface area (Å²) in [4.78, 5) is 13.6. The Hall–Kier alpha value is -4.87. The third kappa shape index (κ3) is 3.19. The van der Waals surface area contributed by atoms with Gasteiger partial charge in [-0.1, -0.05) is 30.3 Å². The van der Waals surface area contributed by atoms with Gasteiger partial charge in [-0.2, -0.15) is 0 Å². The molecular formula is C33H20N4S. The van der Waals surface area contributed by atoms with Crippen LogP contribution in [0.1, 0.15) is 0 Å². The molecule has 0 aliphatic carbocycles. The van der Waals surface area contributed by atoms with Crippen LogP contribution in [0.15, 0.2) is 122 Å². The fourth-order valence-electron chi connectivity index (χ4n) is 5.54. The van der Waals surface area contributed by atoms with E-state index in [0.29, 0.717) is 0 Å². The summed E-state index contributed by atoms with van der Waals surface area (Å²) in [7, 11) is 0. The van der Waals surface area contributed by atoms with Gasteiger partial charge in [0.2, 0.25) is 0 Å². The van der Waals surface area contributed by atoms with Crippen LogP contribution >= 0.6 is 11.3 Å². The summed E-state index contributed by atoms with van der Waals surface area (Å²) < 4.78 is 4.96. The minimum Gasteiger partial charge on any atom is -0.307 e. The molecule has 5 heterocycles. The van der Waals surface area contributed by atoms with Crippen LogP contribution in [0.3, 0.4) is 0 Å². The van der Waals surface area contributed by atoms with Crippen molar-refractivity contribution in [1.82, 2.24) is 19.5 Å². The number of pyridine rings is 3. The van der Waals surface area contributed by atoms with Gasteiger partial charge in [-0.25, -0.2) is 0 Å². The molecule has 0 fully saturated rings. The van der Waals surface area contributed by atoms with Crippen LogP contribution in [-0.2, 0) is 0 Å². The number of aromatic nitrogens is 4. The zero-order chi connectivity index (χ0) is 25.1. The molecule has 4 nitrogen and oxygen atoms in total. The van der Waals surface area contributed by atoms with Gasteiger partial charge in [-0.05, 0) is 71.8 Å². The zero-order valence-electron chi connectivity index (χ0n) is 20.2. The molecule has 0 spiro atoms. The van der Waals surface area contributed by atoms with Crippen LogP contribution < -0.4 is 0 Å². The van der Waals surface area contributed by atoms with Crippen molar-refractivity contribution in [2.75, 3.05) is 0 Å². The molecule has 5 aromatic heterocycles. The van der Waals surface area contributed by atoms with Crippen LogP contribution in [0, 0.1) is 0 Å². The van der Waals surface area contributed by atoms with E-state index in [4.69, 9.17) is 4.98 Å². The molecule has 8 aromatic rings. The molecule has 0 unspecified atom stereocenters. The number of benzene rings is 3. The summed E-state index contributed by atoms with van der Waals surface area (Å²) >= 11 is 1.84. The van der Waals surface area contributed by atoms with Crippen molar-refractivity contribution >= 4 is 53.4 Å². The number of fused-ring (bicyclic) bond motifs is 7.